The van der Waals surface area contributed by atoms with Gasteiger partial charge in [-0.3, -0.25) is 0 Å². The molecule has 0 saturated heterocycles. The van der Waals surface area contributed by atoms with E-state index in [4.69, 9.17) is 118 Å². The molecule has 0 aliphatic carbocycles. The van der Waals surface area contributed by atoms with Crippen LogP contribution in [-0.4, -0.2) is 329 Å². The molecule has 0 aromatic carbocycles. The minimum absolute atomic E-state index is 0.0198. The van der Waals surface area contributed by atoms with E-state index in [0.717, 1.165) is 5.57 Å². The fourth-order valence-corrected chi connectivity index (χ4v) is 8.75. The fraction of sp³-hybridized carbons (Fsp3) is 0.975. The standard InChI is InChI=1S/C79H158O26/c1-54(2)28-81-30-56(4)83-32-58(6)85-34-60(8)87-36-62(10)89-38-64(12)91-40-66(14)93-42-68(16)95-44-70(18)97-46-72(20)99-48-74(22)101-50-76(24)103-52-78(26)105-53-79(27)104-51-77(25)102-49-75(23)100-47-73(21)98-45-71(19)96-43-69(17)94-41-67(15)92-39-65(13)90-37-63(11)88-35-61(9)86-33-59(7)84-31-57(5)82-29-55(3)80/h55-80H,1,28-53H2,2-27H3. The first kappa shape index (κ1) is 104. The van der Waals surface area contributed by atoms with E-state index in [1.807, 2.05) is 173 Å². The maximum Gasteiger partial charge on any atom is 0.0781 e. The van der Waals surface area contributed by atoms with Gasteiger partial charge in [0, 0.05) is 0 Å². The molecule has 0 radical (unpaired) electrons. The molecule has 1 N–H and O–H groups in total. The van der Waals surface area contributed by atoms with Gasteiger partial charge in [0.1, 0.15) is 0 Å². The minimum atomic E-state index is -0.500. The number of aliphatic hydroxyl groups excluding tert-OH is 1. The van der Waals surface area contributed by atoms with Gasteiger partial charge in [-0.25, -0.2) is 0 Å². The molecule has 0 aliphatic heterocycles. The monoisotopic (exact) mass is 1520 g/mol. The van der Waals surface area contributed by atoms with Gasteiger partial charge in [-0.05, 0) is 180 Å². The quantitative estimate of drug-likeness (QED) is 0.0556. The van der Waals surface area contributed by atoms with Gasteiger partial charge in [-0.2, -0.15) is 0 Å². The minimum Gasteiger partial charge on any atom is -0.391 e. The smallest absolute Gasteiger partial charge is 0.0781 e. The third kappa shape index (κ3) is 67.0. The van der Waals surface area contributed by atoms with Crippen LogP contribution in [0.3, 0.4) is 0 Å². The Bertz CT molecular complexity index is 1940. The fourth-order valence-electron chi connectivity index (χ4n) is 8.75. The molecule has 25 unspecified atom stereocenters. The van der Waals surface area contributed by atoms with E-state index in [0.29, 0.717) is 165 Å². The number of hydrogen-bond donors (Lipinski definition) is 1. The van der Waals surface area contributed by atoms with E-state index in [-0.39, 0.29) is 153 Å². The molecule has 0 spiro atoms. The molecule has 26 heteroatoms. The normalized spacial score (nSPS) is 19.6. The average Bonchev–Trinajstić information content (AvgIpc) is 1.09. The molecule has 26 nitrogen and oxygen atoms in total. The van der Waals surface area contributed by atoms with Crippen LogP contribution in [0.25, 0.3) is 0 Å². The molecule has 0 bridgehead atoms. The van der Waals surface area contributed by atoms with Gasteiger partial charge in [-0.1, -0.05) is 12.2 Å². The zero-order valence-electron chi connectivity index (χ0n) is 70.7. The molecule has 0 aromatic heterocycles. The summed E-state index contributed by atoms with van der Waals surface area (Å²) in [6, 6.07) is 0. The number of hydrogen-bond acceptors (Lipinski definition) is 26. The van der Waals surface area contributed by atoms with Crippen molar-refractivity contribution >= 4 is 0 Å². The van der Waals surface area contributed by atoms with E-state index >= 15 is 0 Å². The van der Waals surface area contributed by atoms with Crippen molar-refractivity contribution < 1.29 is 124 Å². The van der Waals surface area contributed by atoms with Crippen LogP contribution in [0.2, 0.25) is 0 Å². The van der Waals surface area contributed by atoms with Crippen LogP contribution >= 0.6 is 0 Å². The molecular weight excluding hydrogens is 1360 g/mol. The zero-order chi connectivity index (χ0) is 79.1. The summed E-state index contributed by atoms with van der Waals surface area (Å²) in [6.45, 7) is 66.4. The third-order valence-corrected chi connectivity index (χ3v) is 15.5. The Kier molecular flexibility index (Phi) is 64.3. The van der Waals surface area contributed by atoms with Crippen molar-refractivity contribution in [1.29, 1.82) is 0 Å². The SMILES string of the molecule is C=C(C)COCC(C)OCC(C)OCC(C)OCC(C)OCC(C)OCC(C)OCC(C)OCC(C)OCC(C)OCC(C)OCC(C)OCC(C)OCC(C)OCC(C)OCC(C)OCC(C)OCC(C)OCC(C)OCC(C)OCC(C)OCC(C)OCC(C)OCC(C)OCC(C)OCC(C)O. The third-order valence-electron chi connectivity index (χ3n) is 15.5. The summed E-state index contributed by atoms with van der Waals surface area (Å²) in [5, 5.41) is 9.38. The van der Waals surface area contributed by atoms with Crippen molar-refractivity contribution in [3.8, 4) is 0 Å². The first-order chi connectivity index (χ1) is 49.6. The molecule has 0 aromatic rings. The van der Waals surface area contributed by atoms with Gasteiger partial charge in [0.25, 0.3) is 0 Å². The molecule has 25 atom stereocenters. The molecule has 630 valence electrons. The Labute approximate surface area is 637 Å². The maximum atomic E-state index is 9.38. The predicted octanol–water partition coefficient (Wildman–Crippen LogP) is 10.7. The van der Waals surface area contributed by atoms with Crippen LogP contribution in [0.5, 0.6) is 0 Å². The first-order valence-electron chi connectivity index (χ1n) is 39.3. The van der Waals surface area contributed by atoms with Crippen molar-refractivity contribution in [2.75, 3.05) is 172 Å². The van der Waals surface area contributed by atoms with Crippen LogP contribution in [0.1, 0.15) is 180 Å². The maximum absolute atomic E-state index is 9.38. The van der Waals surface area contributed by atoms with Gasteiger partial charge in [0.05, 0.1) is 324 Å². The number of ether oxygens (including phenoxy) is 25. The van der Waals surface area contributed by atoms with Crippen LogP contribution in [-0.2, 0) is 118 Å². The molecule has 0 heterocycles. The summed E-state index contributed by atoms with van der Waals surface area (Å²) >= 11 is 0. The van der Waals surface area contributed by atoms with Gasteiger partial charge in [0.15, 0.2) is 0 Å². The summed E-state index contributed by atoms with van der Waals surface area (Å²) in [5.74, 6) is 0. The largest absolute Gasteiger partial charge is 0.391 e. The van der Waals surface area contributed by atoms with Gasteiger partial charge < -0.3 is 124 Å². The van der Waals surface area contributed by atoms with Crippen LogP contribution in [0, 0.1) is 0 Å². The molecule has 0 rings (SSSR count). The second-order valence-electron chi connectivity index (χ2n) is 29.8. The summed E-state index contributed by atoms with van der Waals surface area (Å²) < 4.78 is 149. The average molecular weight is 1520 g/mol. The van der Waals surface area contributed by atoms with Crippen molar-refractivity contribution in [1.82, 2.24) is 0 Å². The molecule has 105 heavy (non-hydrogen) atoms. The van der Waals surface area contributed by atoms with Crippen LogP contribution in [0.4, 0.5) is 0 Å². The highest BCUT2D eigenvalue weighted by molar-refractivity contribution is 4.87. The van der Waals surface area contributed by atoms with Crippen molar-refractivity contribution in [2.45, 2.75) is 333 Å². The van der Waals surface area contributed by atoms with Gasteiger partial charge in [0.2, 0.25) is 0 Å². The van der Waals surface area contributed by atoms with Crippen molar-refractivity contribution in [2.24, 2.45) is 0 Å². The summed E-state index contributed by atoms with van der Waals surface area (Å²) in [5.41, 5.74) is 0.990. The Morgan fingerprint density at radius 2 is 0.257 bits per heavy atom. The second-order valence-corrected chi connectivity index (χ2v) is 29.8. The highest BCUT2D eigenvalue weighted by Gasteiger charge is 2.21. The van der Waals surface area contributed by atoms with Crippen LogP contribution < -0.4 is 0 Å². The lowest BCUT2D eigenvalue weighted by Crippen LogP contribution is -2.31. The predicted molar refractivity (Wildman–Crippen MR) is 407 cm³/mol. The number of rotatable bonds is 76. The van der Waals surface area contributed by atoms with E-state index in [2.05, 4.69) is 6.58 Å². The Balaban J connectivity index is 4.06. The van der Waals surface area contributed by atoms with Crippen molar-refractivity contribution in [3.63, 3.8) is 0 Å². The Hall–Kier alpha value is -1.30. The summed E-state index contributed by atoms with van der Waals surface area (Å²) in [4.78, 5) is 0. The highest BCUT2D eigenvalue weighted by atomic mass is 16.6. The molecule has 0 fully saturated rings. The summed E-state index contributed by atoms with van der Waals surface area (Å²) in [7, 11) is 0. The van der Waals surface area contributed by atoms with Gasteiger partial charge in [-0.15, -0.1) is 0 Å². The van der Waals surface area contributed by atoms with E-state index in [1.165, 1.54) is 0 Å². The summed E-state index contributed by atoms with van der Waals surface area (Å²) in [6.07, 6.45) is -3.12. The molecule has 0 aliphatic rings. The van der Waals surface area contributed by atoms with Crippen molar-refractivity contribution in [3.05, 3.63) is 12.2 Å². The zero-order valence-corrected chi connectivity index (χ0v) is 70.7. The Morgan fingerprint density at radius 3 is 0.343 bits per heavy atom. The molecular formula is C79H158O26. The molecule has 0 amide bonds. The highest BCUT2D eigenvalue weighted by Crippen LogP contribution is 2.13. The number of aliphatic hydroxyl groups is 1. The van der Waals surface area contributed by atoms with Gasteiger partial charge >= 0.3 is 0 Å². The molecule has 0 saturated carbocycles. The van der Waals surface area contributed by atoms with E-state index < -0.39 is 6.10 Å². The lowest BCUT2D eigenvalue weighted by molar-refractivity contribution is -0.118. The van der Waals surface area contributed by atoms with E-state index in [9.17, 15) is 5.11 Å². The second kappa shape index (κ2) is 65.1. The lowest BCUT2D eigenvalue weighted by Gasteiger charge is -2.24. The van der Waals surface area contributed by atoms with Crippen LogP contribution in [0.15, 0.2) is 12.2 Å². The lowest BCUT2D eigenvalue weighted by atomic mass is 10.3. The Morgan fingerprint density at radius 1 is 0.171 bits per heavy atom. The topological polar surface area (TPSA) is 251 Å². The first-order valence-corrected chi connectivity index (χ1v) is 39.3. The van der Waals surface area contributed by atoms with E-state index in [1.54, 1.807) is 6.92 Å².